The van der Waals surface area contributed by atoms with Crippen LogP contribution in [0.25, 0.3) is 0 Å². The van der Waals surface area contributed by atoms with Crippen molar-refractivity contribution in [2.75, 3.05) is 44.8 Å². The molecular formula is C24H32FN3O5. The lowest BCUT2D eigenvalue weighted by atomic mass is 9.93. The van der Waals surface area contributed by atoms with Crippen LogP contribution in [0.4, 0.5) is 10.1 Å². The number of hydrogen-bond acceptors (Lipinski definition) is 7. The molecule has 0 bridgehead atoms. The number of ether oxygens (including phenoxy) is 1. The van der Waals surface area contributed by atoms with Crippen LogP contribution < -0.4 is 15.3 Å². The Hall–Kier alpha value is -2.72. The Morgan fingerprint density at radius 2 is 1.82 bits per heavy atom. The first-order chi connectivity index (χ1) is 16.0. The summed E-state index contributed by atoms with van der Waals surface area (Å²) in [5, 5.41) is 19.3. The van der Waals surface area contributed by atoms with Gasteiger partial charge in [-0.3, -0.25) is 14.8 Å². The normalized spacial score (nSPS) is 15.9. The molecule has 8 nitrogen and oxygen atoms in total. The minimum absolute atomic E-state index is 0.160. The second-order valence-electron chi connectivity index (χ2n) is 8.08. The summed E-state index contributed by atoms with van der Waals surface area (Å²) >= 11 is 0. The summed E-state index contributed by atoms with van der Waals surface area (Å²) in [5.74, 6) is -0.327. The molecule has 3 N–H and O–H groups in total. The largest absolute Gasteiger partial charge is 0.497 e. The number of piperazine rings is 1. The maximum atomic E-state index is 14.1. The van der Waals surface area contributed by atoms with E-state index in [1.54, 1.807) is 35.9 Å². The van der Waals surface area contributed by atoms with Crippen LogP contribution in [0, 0.1) is 11.7 Å². The van der Waals surface area contributed by atoms with Gasteiger partial charge in [-0.25, -0.2) is 4.39 Å². The Morgan fingerprint density at radius 1 is 1.12 bits per heavy atom. The molecule has 1 amide bonds. The number of anilines is 1. The minimum Gasteiger partial charge on any atom is -0.497 e. The van der Waals surface area contributed by atoms with Crippen LogP contribution in [0.5, 0.6) is 5.75 Å². The smallest absolute Gasteiger partial charge is 0.228 e. The molecule has 0 radical (unpaired) electrons. The van der Waals surface area contributed by atoms with Gasteiger partial charge in [-0.05, 0) is 49.1 Å². The zero-order valence-electron chi connectivity index (χ0n) is 18.8. The molecule has 1 saturated heterocycles. The first-order valence-electron chi connectivity index (χ1n) is 11.1. The number of para-hydroxylation sites is 1. The van der Waals surface area contributed by atoms with Crippen molar-refractivity contribution in [3.8, 4) is 5.75 Å². The van der Waals surface area contributed by atoms with Gasteiger partial charge in [0.1, 0.15) is 11.6 Å². The number of hydrogen-bond donors (Lipinski definition) is 3. The molecule has 1 aliphatic rings. The third kappa shape index (κ3) is 6.88. The molecular weight excluding hydrogens is 429 g/mol. The quantitative estimate of drug-likeness (QED) is 0.443. The molecule has 2 atom stereocenters. The van der Waals surface area contributed by atoms with Gasteiger partial charge in [0.2, 0.25) is 5.91 Å². The van der Waals surface area contributed by atoms with E-state index in [4.69, 9.17) is 14.8 Å². The van der Waals surface area contributed by atoms with Gasteiger partial charge in [0.25, 0.3) is 0 Å². The maximum Gasteiger partial charge on any atom is 0.228 e. The first kappa shape index (κ1) is 24.9. The number of carbonyl (C=O) groups is 1. The number of nitrogens with zero attached hydrogens (tertiary/aromatic N) is 2. The summed E-state index contributed by atoms with van der Waals surface area (Å²) in [6.07, 6.45) is 0.842. The first-order valence-corrected chi connectivity index (χ1v) is 11.1. The highest BCUT2D eigenvalue weighted by Gasteiger charge is 2.32. The SMILES string of the molecule is COc1ccc(CCC[C@@H](C(=O)N2CCN(c3ccccc3F)CC2)[C@H](O)CONO)cc1. The number of benzene rings is 2. The molecule has 1 fully saturated rings. The van der Waals surface area contributed by atoms with Crippen LogP contribution in [-0.2, 0) is 16.1 Å². The van der Waals surface area contributed by atoms with Gasteiger partial charge in [-0.15, -0.1) is 0 Å². The number of rotatable bonds is 11. The average Bonchev–Trinajstić information content (AvgIpc) is 2.85. The summed E-state index contributed by atoms with van der Waals surface area (Å²) in [5.41, 5.74) is 3.20. The van der Waals surface area contributed by atoms with Crippen LogP contribution in [0.3, 0.4) is 0 Å². The number of aliphatic hydroxyl groups excluding tert-OH is 1. The number of methoxy groups -OCH3 is 1. The lowest BCUT2D eigenvalue weighted by Gasteiger charge is -2.38. The van der Waals surface area contributed by atoms with E-state index in [1.807, 2.05) is 29.2 Å². The van der Waals surface area contributed by atoms with Crippen molar-refractivity contribution in [2.24, 2.45) is 5.92 Å². The fourth-order valence-corrected chi connectivity index (χ4v) is 4.15. The Labute approximate surface area is 193 Å². The molecule has 2 aromatic rings. The summed E-state index contributed by atoms with van der Waals surface area (Å²) < 4.78 is 19.3. The standard InChI is InChI=1S/C24H32FN3O5/c1-32-19-11-9-18(10-12-19)5-4-6-20(23(29)17-33-26-31)24(30)28-15-13-27(14-16-28)22-8-3-2-7-21(22)25/h2-3,7-12,20,23,26,29,31H,4-6,13-17H2,1H3/t20-,23-/m1/s1. The molecule has 1 heterocycles. The highest BCUT2D eigenvalue weighted by molar-refractivity contribution is 5.79. The molecule has 0 aromatic heterocycles. The average molecular weight is 462 g/mol. The molecule has 1 aliphatic heterocycles. The molecule has 0 unspecified atom stereocenters. The Morgan fingerprint density at radius 3 is 2.45 bits per heavy atom. The van der Waals surface area contributed by atoms with Gasteiger partial charge in [0.05, 0.1) is 31.4 Å². The Kier molecular flexibility index (Phi) is 9.44. The van der Waals surface area contributed by atoms with Gasteiger partial charge >= 0.3 is 0 Å². The van der Waals surface area contributed by atoms with Crippen molar-refractivity contribution in [2.45, 2.75) is 25.4 Å². The minimum atomic E-state index is -1.07. The fraction of sp³-hybridized carbons (Fsp3) is 0.458. The lowest BCUT2D eigenvalue weighted by molar-refractivity contribution is -0.162. The molecule has 9 heteroatoms. The third-order valence-corrected chi connectivity index (χ3v) is 6.02. The van der Waals surface area contributed by atoms with Crippen LogP contribution >= 0.6 is 0 Å². The van der Waals surface area contributed by atoms with Gasteiger partial charge < -0.3 is 19.6 Å². The van der Waals surface area contributed by atoms with Crippen molar-refractivity contribution >= 4 is 11.6 Å². The fourth-order valence-electron chi connectivity index (χ4n) is 4.15. The topological polar surface area (TPSA) is 94.5 Å². The zero-order valence-corrected chi connectivity index (χ0v) is 18.8. The predicted octanol–water partition coefficient (Wildman–Crippen LogP) is 2.39. The molecule has 0 spiro atoms. The van der Waals surface area contributed by atoms with E-state index in [0.29, 0.717) is 44.7 Å². The highest BCUT2D eigenvalue weighted by atomic mass is 19.1. The third-order valence-electron chi connectivity index (χ3n) is 6.02. The molecule has 2 aromatic carbocycles. The number of halogens is 1. The number of nitrogens with one attached hydrogen (secondary N) is 1. The summed E-state index contributed by atoms with van der Waals surface area (Å²) in [4.78, 5) is 21.6. The van der Waals surface area contributed by atoms with Gasteiger partial charge in [0.15, 0.2) is 0 Å². The molecule has 0 aliphatic carbocycles. The number of amides is 1. The van der Waals surface area contributed by atoms with E-state index < -0.39 is 12.0 Å². The summed E-state index contributed by atoms with van der Waals surface area (Å²) in [6, 6.07) is 14.3. The van der Waals surface area contributed by atoms with E-state index >= 15 is 0 Å². The van der Waals surface area contributed by atoms with E-state index in [0.717, 1.165) is 17.7 Å². The lowest BCUT2D eigenvalue weighted by Crippen LogP contribution is -2.52. The van der Waals surface area contributed by atoms with Gasteiger partial charge in [-0.2, -0.15) is 0 Å². The van der Waals surface area contributed by atoms with Crippen LogP contribution in [0.1, 0.15) is 18.4 Å². The molecule has 0 saturated carbocycles. The van der Waals surface area contributed by atoms with Gasteiger partial charge in [-0.1, -0.05) is 29.9 Å². The maximum absolute atomic E-state index is 14.1. The van der Waals surface area contributed by atoms with E-state index in [1.165, 1.54) is 6.07 Å². The zero-order chi connectivity index (χ0) is 23.6. The second kappa shape index (κ2) is 12.5. The summed E-state index contributed by atoms with van der Waals surface area (Å²) in [6.45, 7) is 1.68. The van der Waals surface area contributed by atoms with E-state index in [-0.39, 0.29) is 18.3 Å². The highest BCUT2D eigenvalue weighted by Crippen LogP contribution is 2.23. The number of aryl methyl sites for hydroxylation is 1. The molecule has 3 rings (SSSR count). The molecule has 33 heavy (non-hydrogen) atoms. The number of carbonyl (C=O) groups excluding carboxylic acids is 1. The van der Waals surface area contributed by atoms with Crippen molar-refractivity contribution in [3.63, 3.8) is 0 Å². The van der Waals surface area contributed by atoms with Crippen LogP contribution in [0.2, 0.25) is 0 Å². The van der Waals surface area contributed by atoms with Crippen molar-refractivity contribution in [1.82, 2.24) is 10.5 Å². The Balaban J connectivity index is 1.58. The molecule has 180 valence electrons. The van der Waals surface area contributed by atoms with Crippen LogP contribution in [-0.4, -0.2) is 67.1 Å². The van der Waals surface area contributed by atoms with Crippen LogP contribution in [0.15, 0.2) is 48.5 Å². The summed E-state index contributed by atoms with van der Waals surface area (Å²) in [7, 11) is 1.62. The van der Waals surface area contributed by atoms with E-state index in [9.17, 15) is 14.3 Å². The number of aliphatic hydroxyl groups is 1. The van der Waals surface area contributed by atoms with Gasteiger partial charge in [0, 0.05) is 26.2 Å². The second-order valence-corrected chi connectivity index (χ2v) is 8.08. The van der Waals surface area contributed by atoms with Crippen molar-refractivity contribution in [1.29, 1.82) is 0 Å². The predicted molar refractivity (Wildman–Crippen MR) is 121 cm³/mol. The Bertz CT molecular complexity index is 875. The monoisotopic (exact) mass is 461 g/mol. The van der Waals surface area contributed by atoms with E-state index in [2.05, 4.69) is 0 Å². The van der Waals surface area contributed by atoms with Crippen molar-refractivity contribution < 1.29 is 29.1 Å². The van der Waals surface area contributed by atoms with Crippen molar-refractivity contribution in [3.05, 3.63) is 59.9 Å².